The molecule has 0 spiro atoms. The van der Waals surface area contributed by atoms with Gasteiger partial charge in [-0.1, -0.05) is 56.7 Å². The molecule has 0 unspecified atom stereocenters. The standard InChI is InChI=1S/C7H8BrI/c1-7(9)5-3-2-4-6(7)8/h2-4H,5H2,1H3/t7-/m1/s1. The van der Waals surface area contributed by atoms with Crippen molar-refractivity contribution >= 4 is 38.5 Å². The van der Waals surface area contributed by atoms with E-state index < -0.39 is 0 Å². The largest absolute Gasteiger partial charge is 0.0828 e. The van der Waals surface area contributed by atoms with E-state index in [1.165, 1.54) is 4.48 Å². The van der Waals surface area contributed by atoms with Crippen LogP contribution < -0.4 is 0 Å². The number of halogens is 2. The highest BCUT2D eigenvalue weighted by atomic mass is 127. The molecule has 9 heavy (non-hydrogen) atoms. The number of allylic oxidation sites excluding steroid dienone is 4. The minimum atomic E-state index is 0.298. The highest BCUT2D eigenvalue weighted by Gasteiger charge is 2.23. The lowest BCUT2D eigenvalue weighted by Gasteiger charge is -2.22. The van der Waals surface area contributed by atoms with E-state index in [9.17, 15) is 0 Å². The number of rotatable bonds is 0. The summed E-state index contributed by atoms with van der Waals surface area (Å²) >= 11 is 5.96. The Labute approximate surface area is 77.7 Å². The molecule has 1 aliphatic carbocycles. The summed E-state index contributed by atoms with van der Waals surface area (Å²) in [5.41, 5.74) is 0. The van der Waals surface area contributed by atoms with Gasteiger partial charge in [0.1, 0.15) is 0 Å². The van der Waals surface area contributed by atoms with Gasteiger partial charge in [-0.3, -0.25) is 0 Å². The van der Waals surface area contributed by atoms with Gasteiger partial charge in [0.25, 0.3) is 0 Å². The summed E-state index contributed by atoms with van der Waals surface area (Å²) < 4.78 is 1.59. The third-order valence-electron chi connectivity index (χ3n) is 1.38. The lowest BCUT2D eigenvalue weighted by Crippen LogP contribution is -2.15. The van der Waals surface area contributed by atoms with Crippen LogP contribution in [0.2, 0.25) is 0 Å². The van der Waals surface area contributed by atoms with Crippen LogP contribution in [0.5, 0.6) is 0 Å². The zero-order chi connectivity index (χ0) is 6.91. The number of alkyl halides is 1. The van der Waals surface area contributed by atoms with Crippen molar-refractivity contribution in [2.75, 3.05) is 0 Å². The Morgan fingerprint density at radius 1 is 1.78 bits per heavy atom. The van der Waals surface area contributed by atoms with Crippen LogP contribution in [-0.2, 0) is 0 Å². The molecule has 0 aliphatic heterocycles. The van der Waals surface area contributed by atoms with Crippen LogP contribution in [0.15, 0.2) is 22.7 Å². The SMILES string of the molecule is C[C@@]1(I)CC=CC=C1Br. The molecular formula is C7H8BrI. The molecule has 50 valence electrons. The summed E-state index contributed by atoms with van der Waals surface area (Å²) in [7, 11) is 0. The summed E-state index contributed by atoms with van der Waals surface area (Å²) in [6.45, 7) is 2.22. The molecule has 0 saturated carbocycles. The Morgan fingerprint density at radius 3 is 2.78 bits per heavy atom. The summed E-state index contributed by atoms with van der Waals surface area (Å²) in [5.74, 6) is 0. The molecule has 0 aromatic carbocycles. The Morgan fingerprint density at radius 2 is 2.44 bits per heavy atom. The minimum Gasteiger partial charge on any atom is -0.0828 e. The molecule has 0 amide bonds. The second-order valence-electron chi connectivity index (χ2n) is 2.34. The fraction of sp³-hybridized carbons (Fsp3) is 0.429. The van der Waals surface area contributed by atoms with Crippen molar-refractivity contribution in [2.45, 2.75) is 16.8 Å². The number of hydrogen-bond donors (Lipinski definition) is 0. The van der Waals surface area contributed by atoms with Crippen molar-refractivity contribution in [1.29, 1.82) is 0 Å². The van der Waals surface area contributed by atoms with Gasteiger partial charge < -0.3 is 0 Å². The van der Waals surface area contributed by atoms with Crippen LogP contribution >= 0.6 is 38.5 Å². The average molecular weight is 299 g/mol. The van der Waals surface area contributed by atoms with Crippen LogP contribution in [0.25, 0.3) is 0 Å². The summed E-state index contributed by atoms with van der Waals surface area (Å²) in [4.78, 5) is 0. The smallest absolute Gasteiger partial charge is 0.0542 e. The number of hydrogen-bond acceptors (Lipinski definition) is 0. The van der Waals surface area contributed by atoms with Gasteiger partial charge in [-0.25, -0.2) is 0 Å². The quantitative estimate of drug-likeness (QED) is 0.475. The van der Waals surface area contributed by atoms with Crippen LogP contribution in [0.4, 0.5) is 0 Å². The molecule has 0 heterocycles. The fourth-order valence-corrected chi connectivity index (χ4v) is 1.46. The van der Waals surface area contributed by atoms with E-state index in [4.69, 9.17) is 0 Å². The fourth-order valence-electron chi connectivity index (χ4n) is 0.713. The van der Waals surface area contributed by atoms with E-state index in [0.717, 1.165) is 6.42 Å². The Balaban J connectivity index is 2.83. The van der Waals surface area contributed by atoms with E-state index in [2.05, 4.69) is 63.7 Å². The maximum absolute atomic E-state index is 3.51. The molecule has 2 heteroatoms. The maximum atomic E-state index is 3.51. The third kappa shape index (κ3) is 1.80. The van der Waals surface area contributed by atoms with Gasteiger partial charge >= 0.3 is 0 Å². The first kappa shape index (κ1) is 7.79. The van der Waals surface area contributed by atoms with E-state index in [1.54, 1.807) is 0 Å². The average Bonchev–Trinajstić information content (AvgIpc) is 1.77. The lowest BCUT2D eigenvalue weighted by molar-refractivity contribution is 0.826. The molecule has 0 saturated heterocycles. The molecule has 1 rings (SSSR count). The van der Waals surface area contributed by atoms with Crippen LogP contribution in [0.3, 0.4) is 0 Å². The molecule has 0 fully saturated rings. The van der Waals surface area contributed by atoms with Crippen molar-refractivity contribution < 1.29 is 0 Å². The molecular weight excluding hydrogens is 291 g/mol. The molecule has 0 N–H and O–H groups in total. The first-order chi connectivity index (χ1) is 4.13. The zero-order valence-corrected chi connectivity index (χ0v) is 8.94. The monoisotopic (exact) mass is 298 g/mol. The predicted molar refractivity (Wildman–Crippen MR) is 53.2 cm³/mol. The van der Waals surface area contributed by atoms with Gasteiger partial charge in [-0.15, -0.1) is 0 Å². The second-order valence-corrected chi connectivity index (χ2v) is 5.58. The van der Waals surface area contributed by atoms with Crippen LogP contribution in [-0.4, -0.2) is 3.42 Å². The molecule has 0 aromatic rings. The van der Waals surface area contributed by atoms with Gasteiger partial charge in [0.15, 0.2) is 0 Å². The van der Waals surface area contributed by atoms with Gasteiger partial charge in [-0.05, 0) is 13.3 Å². The van der Waals surface area contributed by atoms with E-state index in [0.29, 0.717) is 3.42 Å². The van der Waals surface area contributed by atoms with Gasteiger partial charge in [0.05, 0.1) is 3.42 Å². The maximum Gasteiger partial charge on any atom is 0.0542 e. The first-order valence-corrected chi connectivity index (χ1v) is 4.72. The van der Waals surface area contributed by atoms with Gasteiger partial charge in [-0.2, -0.15) is 0 Å². The third-order valence-corrected chi connectivity index (χ3v) is 4.28. The Bertz CT molecular complexity index is 168. The normalized spacial score (nSPS) is 34.3. The van der Waals surface area contributed by atoms with Gasteiger partial charge in [0, 0.05) is 4.48 Å². The minimum absolute atomic E-state index is 0.298. The van der Waals surface area contributed by atoms with Crippen LogP contribution in [0, 0.1) is 0 Å². The highest BCUT2D eigenvalue weighted by Crippen LogP contribution is 2.37. The van der Waals surface area contributed by atoms with Crippen molar-refractivity contribution in [2.24, 2.45) is 0 Å². The Hall–Kier alpha value is 0.690. The topological polar surface area (TPSA) is 0 Å². The van der Waals surface area contributed by atoms with Crippen molar-refractivity contribution in [3.8, 4) is 0 Å². The lowest BCUT2D eigenvalue weighted by atomic mass is 10.0. The summed E-state index contributed by atoms with van der Waals surface area (Å²) in [6, 6.07) is 0. The molecule has 0 bridgehead atoms. The summed E-state index contributed by atoms with van der Waals surface area (Å²) in [5, 5.41) is 0. The van der Waals surface area contributed by atoms with Gasteiger partial charge in [0.2, 0.25) is 0 Å². The van der Waals surface area contributed by atoms with Crippen molar-refractivity contribution in [1.82, 2.24) is 0 Å². The Kier molecular flexibility index (Phi) is 2.37. The molecule has 1 aliphatic rings. The summed E-state index contributed by atoms with van der Waals surface area (Å²) in [6.07, 6.45) is 7.52. The van der Waals surface area contributed by atoms with Crippen molar-refractivity contribution in [3.63, 3.8) is 0 Å². The second kappa shape index (κ2) is 2.74. The zero-order valence-electron chi connectivity index (χ0n) is 5.20. The van der Waals surface area contributed by atoms with Crippen molar-refractivity contribution in [3.05, 3.63) is 22.7 Å². The van der Waals surface area contributed by atoms with E-state index >= 15 is 0 Å². The van der Waals surface area contributed by atoms with E-state index in [-0.39, 0.29) is 0 Å². The van der Waals surface area contributed by atoms with E-state index in [1.807, 2.05) is 0 Å². The molecule has 1 atom stereocenters. The predicted octanol–water partition coefficient (Wildman–Crippen LogP) is 3.42. The van der Waals surface area contributed by atoms with Crippen LogP contribution in [0.1, 0.15) is 13.3 Å². The highest BCUT2D eigenvalue weighted by molar-refractivity contribution is 14.1. The molecule has 0 radical (unpaired) electrons. The molecule has 0 aromatic heterocycles. The first-order valence-electron chi connectivity index (χ1n) is 2.85. The molecule has 0 nitrogen and oxygen atoms in total.